The van der Waals surface area contributed by atoms with E-state index in [2.05, 4.69) is 61.1 Å². The number of H-pyrrole nitrogens is 1. The van der Waals surface area contributed by atoms with Gasteiger partial charge in [-0.15, -0.1) is 10.2 Å². The lowest BCUT2D eigenvalue weighted by molar-refractivity contribution is 0.507. The maximum atomic E-state index is 4.53. The predicted molar refractivity (Wildman–Crippen MR) is 97.6 cm³/mol. The first-order chi connectivity index (χ1) is 12.3. The lowest BCUT2D eigenvalue weighted by Gasteiger charge is -2.14. The van der Waals surface area contributed by atoms with Crippen molar-refractivity contribution >= 4 is 22.5 Å². The maximum absolute atomic E-state index is 4.53. The second kappa shape index (κ2) is 5.58. The number of nitrogens with one attached hydrogen (secondary N) is 2. The van der Waals surface area contributed by atoms with Crippen molar-refractivity contribution in [3.63, 3.8) is 0 Å². The van der Waals surface area contributed by atoms with Gasteiger partial charge < -0.3 is 10.3 Å². The largest absolute Gasteiger partial charge is 0.382 e. The van der Waals surface area contributed by atoms with E-state index in [4.69, 9.17) is 0 Å². The third-order valence-electron chi connectivity index (χ3n) is 5.32. The summed E-state index contributed by atoms with van der Waals surface area (Å²) < 4.78 is 2.16. The molecule has 1 aliphatic rings. The summed E-state index contributed by atoms with van der Waals surface area (Å²) in [5.41, 5.74) is 3.92. The van der Waals surface area contributed by atoms with Crippen LogP contribution in [0.3, 0.4) is 0 Å². The fraction of sp³-hybridized carbons (Fsp3) is 0.316. The number of hydrogen-bond donors (Lipinski definition) is 2. The van der Waals surface area contributed by atoms with Gasteiger partial charge in [-0.1, -0.05) is 25.1 Å². The molecule has 0 saturated heterocycles. The molecule has 5 rings (SSSR count). The van der Waals surface area contributed by atoms with E-state index in [9.17, 15) is 0 Å². The Labute approximate surface area is 145 Å². The van der Waals surface area contributed by atoms with Crippen LogP contribution in [0.1, 0.15) is 31.5 Å². The van der Waals surface area contributed by atoms with Crippen molar-refractivity contribution in [3.05, 3.63) is 54.6 Å². The quantitative estimate of drug-likeness (QED) is 0.601. The molecular formula is C19H20N6. The highest BCUT2D eigenvalue weighted by molar-refractivity contribution is 5.74. The number of benzene rings is 1. The van der Waals surface area contributed by atoms with Crippen LogP contribution in [0.15, 0.2) is 48.8 Å². The number of nitrogens with zero attached hydrogens (tertiary/aromatic N) is 4. The van der Waals surface area contributed by atoms with Crippen molar-refractivity contribution < 1.29 is 0 Å². The highest BCUT2D eigenvalue weighted by atomic mass is 15.3. The first-order valence-electron chi connectivity index (χ1n) is 8.78. The van der Waals surface area contributed by atoms with Crippen LogP contribution in [0.5, 0.6) is 0 Å². The average molecular weight is 332 g/mol. The van der Waals surface area contributed by atoms with E-state index < -0.39 is 0 Å². The minimum absolute atomic E-state index is 0.386. The number of anilines is 1. The minimum Gasteiger partial charge on any atom is -0.382 e. The van der Waals surface area contributed by atoms with E-state index in [-0.39, 0.29) is 0 Å². The molecule has 6 nitrogen and oxygen atoms in total. The highest BCUT2D eigenvalue weighted by Crippen LogP contribution is 2.40. The second-order valence-corrected chi connectivity index (χ2v) is 6.98. The molecule has 25 heavy (non-hydrogen) atoms. The van der Waals surface area contributed by atoms with Gasteiger partial charge in [0.05, 0.1) is 11.7 Å². The molecule has 1 aromatic carbocycles. The van der Waals surface area contributed by atoms with E-state index in [0.29, 0.717) is 17.9 Å². The predicted octanol–water partition coefficient (Wildman–Crippen LogP) is 3.60. The van der Waals surface area contributed by atoms with E-state index in [0.717, 1.165) is 35.5 Å². The number of aromatic amines is 1. The Morgan fingerprint density at radius 1 is 1.12 bits per heavy atom. The molecule has 0 radical (unpaired) electrons. The standard InChI is InChI=1S/C19H20N6/c1-12-9-14(22-13-5-3-2-4-6-13)10-15(12)19-24-23-17-11-21-18-16(25(17)19)7-8-20-18/h2-8,11-12,14-15,20,22H,9-10H2,1H3/t12-,14-,15+/m0/s1. The summed E-state index contributed by atoms with van der Waals surface area (Å²) in [6.45, 7) is 2.31. The molecule has 0 unspecified atom stereocenters. The maximum Gasteiger partial charge on any atom is 0.179 e. The molecule has 1 aliphatic carbocycles. The van der Waals surface area contributed by atoms with E-state index in [1.165, 1.54) is 5.69 Å². The van der Waals surface area contributed by atoms with Crippen LogP contribution in [0.4, 0.5) is 5.69 Å². The molecule has 0 bridgehead atoms. The zero-order chi connectivity index (χ0) is 16.8. The van der Waals surface area contributed by atoms with Crippen LogP contribution >= 0.6 is 0 Å². The third kappa shape index (κ3) is 2.36. The van der Waals surface area contributed by atoms with E-state index in [1.54, 1.807) is 6.20 Å². The van der Waals surface area contributed by atoms with Crippen molar-refractivity contribution in [3.8, 4) is 0 Å². The zero-order valence-corrected chi connectivity index (χ0v) is 14.1. The lowest BCUT2D eigenvalue weighted by atomic mass is 9.97. The molecule has 0 amide bonds. The molecule has 2 N–H and O–H groups in total. The molecular weight excluding hydrogens is 312 g/mol. The summed E-state index contributed by atoms with van der Waals surface area (Å²) in [5, 5.41) is 12.6. The van der Waals surface area contributed by atoms with Crippen molar-refractivity contribution in [2.75, 3.05) is 5.32 Å². The van der Waals surface area contributed by atoms with Crippen molar-refractivity contribution in [1.29, 1.82) is 0 Å². The van der Waals surface area contributed by atoms with Gasteiger partial charge in [0.1, 0.15) is 5.82 Å². The fourth-order valence-electron chi connectivity index (χ4n) is 4.13. The van der Waals surface area contributed by atoms with Gasteiger partial charge in [0.2, 0.25) is 0 Å². The van der Waals surface area contributed by atoms with Crippen LogP contribution in [-0.2, 0) is 0 Å². The Bertz CT molecular complexity index is 1020. The second-order valence-electron chi connectivity index (χ2n) is 6.98. The first-order valence-corrected chi connectivity index (χ1v) is 8.78. The van der Waals surface area contributed by atoms with Crippen LogP contribution in [0.2, 0.25) is 0 Å². The van der Waals surface area contributed by atoms with Gasteiger partial charge in [-0.3, -0.25) is 4.40 Å². The summed E-state index contributed by atoms with van der Waals surface area (Å²) >= 11 is 0. The Kier molecular flexibility index (Phi) is 3.23. The number of hydrogen-bond acceptors (Lipinski definition) is 4. The Morgan fingerprint density at radius 3 is 2.88 bits per heavy atom. The molecule has 126 valence electrons. The van der Waals surface area contributed by atoms with Crippen LogP contribution in [0.25, 0.3) is 16.8 Å². The third-order valence-corrected chi connectivity index (χ3v) is 5.32. The van der Waals surface area contributed by atoms with Gasteiger partial charge >= 0.3 is 0 Å². The SMILES string of the molecule is C[C@H]1C[C@H](Nc2ccccc2)C[C@H]1c1nnc2cnc3[nH]ccc3n12. The first kappa shape index (κ1) is 14.5. The van der Waals surface area contributed by atoms with Gasteiger partial charge in [0.15, 0.2) is 11.3 Å². The Balaban J connectivity index is 1.49. The molecule has 0 aliphatic heterocycles. The zero-order valence-electron chi connectivity index (χ0n) is 14.1. The molecule has 6 heteroatoms. The van der Waals surface area contributed by atoms with Gasteiger partial charge in [-0.05, 0) is 37.0 Å². The summed E-state index contributed by atoms with van der Waals surface area (Å²) in [7, 11) is 0. The number of para-hydroxylation sites is 1. The Morgan fingerprint density at radius 2 is 2.00 bits per heavy atom. The van der Waals surface area contributed by atoms with E-state index in [1.807, 2.05) is 18.3 Å². The summed E-state index contributed by atoms with van der Waals surface area (Å²) in [6.07, 6.45) is 5.90. The normalized spacial score (nSPS) is 23.5. The van der Waals surface area contributed by atoms with Crippen molar-refractivity contribution in [2.24, 2.45) is 5.92 Å². The van der Waals surface area contributed by atoms with Gasteiger partial charge in [-0.2, -0.15) is 0 Å². The van der Waals surface area contributed by atoms with Gasteiger partial charge in [0.25, 0.3) is 0 Å². The molecule has 1 fully saturated rings. The summed E-state index contributed by atoms with van der Waals surface area (Å²) in [4.78, 5) is 7.58. The smallest absolute Gasteiger partial charge is 0.179 e. The minimum atomic E-state index is 0.386. The number of rotatable bonds is 3. The fourth-order valence-corrected chi connectivity index (χ4v) is 4.13. The highest BCUT2D eigenvalue weighted by Gasteiger charge is 2.35. The summed E-state index contributed by atoms with van der Waals surface area (Å²) in [6, 6.07) is 12.9. The monoisotopic (exact) mass is 332 g/mol. The lowest BCUT2D eigenvalue weighted by Crippen LogP contribution is -2.15. The number of fused-ring (bicyclic) bond motifs is 3. The van der Waals surface area contributed by atoms with Crippen molar-refractivity contribution in [2.45, 2.75) is 31.7 Å². The van der Waals surface area contributed by atoms with Gasteiger partial charge in [0, 0.05) is 23.8 Å². The number of aromatic nitrogens is 5. The van der Waals surface area contributed by atoms with Crippen molar-refractivity contribution in [1.82, 2.24) is 24.6 Å². The topological polar surface area (TPSA) is 70.9 Å². The molecule has 3 heterocycles. The molecule has 0 spiro atoms. The molecule has 4 aromatic rings. The summed E-state index contributed by atoms with van der Waals surface area (Å²) in [5.74, 6) is 1.99. The van der Waals surface area contributed by atoms with Gasteiger partial charge in [-0.25, -0.2) is 4.98 Å². The van der Waals surface area contributed by atoms with Crippen LogP contribution in [-0.4, -0.2) is 30.6 Å². The molecule has 3 atom stereocenters. The molecule has 1 saturated carbocycles. The van der Waals surface area contributed by atoms with Crippen LogP contribution < -0.4 is 5.32 Å². The Hall–Kier alpha value is -2.89. The molecule has 3 aromatic heterocycles. The van der Waals surface area contributed by atoms with Crippen LogP contribution in [0, 0.1) is 5.92 Å². The van der Waals surface area contributed by atoms with E-state index >= 15 is 0 Å². The average Bonchev–Trinajstić information content (AvgIpc) is 3.32.